The molecule has 1 aromatic carbocycles. The van der Waals surface area contributed by atoms with Crippen LogP contribution in [-0.4, -0.2) is 24.5 Å². The van der Waals surface area contributed by atoms with Gasteiger partial charge in [0.15, 0.2) is 0 Å². The van der Waals surface area contributed by atoms with Crippen molar-refractivity contribution >= 4 is 21.4 Å². The summed E-state index contributed by atoms with van der Waals surface area (Å²) in [5.41, 5.74) is 1.13. The van der Waals surface area contributed by atoms with E-state index in [1.807, 2.05) is 19.2 Å². The second kappa shape index (κ2) is 6.26. The van der Waals surface area contributed by atoms with Gasteiger partial charge in [0.2, 0.25) is 0 Å². The lowest BCUT2D eigenvalue weighted by Crippen LogP contribution is -2.20. The molecule has 1 fully saturated rings. The third-order valence-corrected chi connectivity index (χ3v) is 5.04. The molecule has 2 aromatic rings. The van der Waals surface area contributed by atoms with Crippen LogP contribution < -0.4 is 5.32 Å². The van der Waals surface area contributed by atoms with Gasteiger partial charge >= 0.3 is 0 Å². The zero-order chi connectivity index (χ0) is 14.8. The van der Waals surface area contributed by atoms with Crippen molar-refractivity contribution in [2.75, 3.05) is 13.6 Å². The first kappa shape index (κ1) is 14.7. The van der Waals surface area contributed by atoms with Gasteiger partial charge in [-0.25, -0.2) is 4.39 Å². The molecule has 0 spiro atoms. The standard InChI is InChI=1S/C17H21FN2S/c1-3-9-20(2)11-13-16(10-19-12-7-8-12)21-15-6-4-5-14(18)17(13)15/h3-6,12,19H,1,7-11H2,2H3. The lowest BCUT2D eigenvalue weighted by molar-refractivity contribution is 0.363. The molecule has 1 saturated carbocycles. The van der Waals surface area contributed by atoms with Crippen molar-refractivity contribution < 1.29 is 4.39 Å². The molecule has 112 valence electrons. The molecule has 0 aliphatic heterocycles. The van der Waals surface area contributed by atoms with E-state index in [1.165, 1.54) is 17.7 Å². The van der Waals surface area contributed by atoms with Gasteiger partial charge in [0.1, 0.15) is 5.82 Å². The fraction of sp³-hybridized carbons (Fsp3) is 0.412. The number of halogens is 1. The molecule has 21 heavy (non-hydrogen) atoms. The number of thiophene rings is 1. The Balaban J connectivity index is 1.94. The number of hydrogen-bond acceptors (Lipinski definition) is 3. The summed E-state index contributed by atoms with van der Waals surface area (Å²) in [7, 11) is 2.05. The van der Waals surface area contributed by atoms with Crippen LogP contribution in [-0.2, 0) is 13.1 Å². The molecule has 1 aliphatic rings. The van der Waals surface area contributed by atoms with Crippen molar-refractivity contribution in [2.24, 2.45) is 0 Å². The number of nitrogens with one attached hydrogen (secondary N) is 1. The summed E-state index contributed by atoms with van der Waals surface area (Å²) in [5, 5.41) is 4.35. The molecule has 0 saturated heterocycles. The quantitative estimate of drug-likeness (QED) is 0.780. The summed E-state index contributed by atoms with van der Waals surface area (Å²) in [6, 6.07) is 6.03. The Labute approximate surface area is 129 Å². The van der Waals surface area contributed by atoms with Crippen LogP contribution in [0, 0.1) is 5.82 Å². The van der Waals surface area contributed by atoms with Gasteiger partial charge in [-0.3, -0.25) is 4.90 Å². The third-order valence-electron chi connectivity index (χ3n) is 3.84. The smallest absolute Gasteiger partial charge is 0.132 e. The van der Waals surface area contributed by atoms with Crippen LogP contribution in [0.4, 0.5) is 4.39 Å². The number of benzene rings is 1. The van der Waals surface area contributed by atoms with Crippen molar-refractivity contribution in [1.82, 2.24) is 10.2 Å². The zero-order valence-electron chi connectivity index (χ0n) is 12.4. The Morgan fingerprint density at radius 2 is 2.29 bits per heavy atom. The van der Waals surface area contributed by atoms with Gasteiger partial charge in [0.05, 0.1) is 0 Å². The van der Waals surface area contributed by atoms with Crippen molar-refractivity contribution in [3.8, 4) is 0 Å². The van der Waals surface area contributed by atoms with Crippen LogP contribution in [0.2, 0.25) is 0 Å². The molecule has 0 radical (unpaired) electrons. The van der Waals surface area contributed by atoms with Crippen LogP contribution in [0.3, 0.4) is 0 Å². The van der Waals surface area contributed by atoms with Gasteiger partial charge < -0.3 is 5.32 Å². The van der Waals surface area contributed by atoms with Crippen LogP contribution in [0.5, 0.6) is 0 Å². The van der Waals surface area contributed by atoms with E-state index >= 15 is 0 Å². The van der Waals surface area contributed by atoms with Gasteiger partial charge in [-0.2, -0.15) is 0 Å². The average Bonchev–Trinajstić information content (AvgIpc) is 3.21. The molecule has 4 heteroatoms. The van der Waals surface area contributed by atoms with Gasteiger partial charge in [-0.1, -0.05) is 12.1 Å². The molecular formula is C17H21FN2S. The number of fused-ring (bicyclic) bond motifs is 1. The monoisotopic (exact) mass is 304 g/mol. The molecule has 0 unspecified atom stereocenters. The van der Waals surface area contributed by atoms with Crippen molar-refractivity contribution in [1.29, 1.82) is 0 Å². The molecule has 0 bridgehead atoms. The maximum absolute atomic E-state index is 14.3. The van der Waals surface area contributed by atoms with E-state index in [2.05, 4.69) is 16.8 Å². The summed E-state index contributed by atoms with van der Waals surface area (Å²) in [4.78, 5) is 3.43. The van der Waals surface area contributed by atoms with E-state index in [-0.39, 0.29) is 5.82 Å². The Hall–Kier alpha value is -1.23. The van der Waals surface area contributed by atoms with Gasteiger partial charge in [-0.05, 0) is 37.6 Å². The zero-order valence-corrected chi connectivity index (χ0v) is 13.2. The van der Waals surface area contributed by atoms with Crippen LogP contribution in [0.25, 0.3) is 10.1 Å². The van der Waals surface area contributed by atoms with Gasteiger partial charge in [0.25, 0.3) is 0 Å². The van der Waals surface area contributed by atoms with Gasteiger partial charge in [0, 0.05) is 40.6 Å². The largest absolute Gasteiger partial charge is 0.309 e. The Morgan fingerprint density at radius 1 is 1.48 bits per heavy atom. The Morgan fingerprint density at radius 3 is 3.00 bits per heavy atom. The van der Waals surface area contributed by atoms with E-state index in [0.29, 0.717) is 6.04 Å². The first-order chi connectivity index (χ1) is 10.2. The predicted octanol–water partition coefficient (Wildman–Crippen LogP) is 3.91. The second-order valence-corrected chi connectivity index (χ2v) is 6.89. The number of nitrogens with zero attached hydrogens (tertiary/aromatic N) is 1. The highest BCUT2D eigenvalue weighted by molar-refractivity contribution is 7.19. The van der Waals surface area contributed by atoms with E-state index in [1.54, 1.807) is 23.5 Å². The fourth-order valence-corrected chi connectivity index (χ4v) is 3.79. The Kier molecular flexibility index (Phi) is 4.38. The summed E-state index contributed by atoms with van der Waals surface area (Å²) < 4.78 is 15.3. The van der Waals surface area contributed by atoms with E-state index in [0.717, 1.165) is 35.3 Å². The van der Waals surface area contributed by atoms with Crippen LogP contribution >= 0.6 is 11.3 Å². The van der Waals surface area contributed by atoms with Crippen molar-refractivity contribution in [2.45, 2.75) is 32.0 Å². The minimum absolute atomic E-state index is 0.108. The lowest BCUT2D eigenvalue weighted by Gasteiger charge is -2.15. The van der Waals surface area contributed by atoms with Crippen molar-refractivity contribution in [3.63, 3.8) is 0 Å². The normalized spacial score (nSPS) is 15.0. The highest BCUT2D eigenvalue weighted by Crippen LogP contribution is 2.34. The second-order valence-electron chi connectivity index (χ2n) is 5.76. The summed E-state index contributed by atoms with van der Waals surface area (Å²) in [6.07, 6.45) is 4.42. The number of likely N-dealkylation sites (N-methyl/N-ethyl adjacent to an activating group) is 1. The van der Waals surface area contributed by atoms with Gasteiger partial charge in [-0.15, -0.1) is 17.9 Å². The minimum Gasteiger partial charge on any atom is -0.309 e. The molecule has 1 heterocycles. The molecule has 1 aliphatic carbocycles. The summed E-state index contributed by atoms with van der Waals surface area (Å²) in [5.74, 6) is -0.108. The summed E-state index contributed by atoms with van der Waals surface area (Å²) in [6.45, 7) is 6.19. The van der Waals surface area contributed by atoms with Crippen LogP contribution in [0.1, 0.15) is 23.3 Å². The summed E-state index contributed by atoms with van der Waals surface area (Å²) >= 11 is 1.71. The molecule has 0 amide bonds. The molecule has 2 nitrogen and oxygen atoms in total. The topological polar surface area (TPSA) is 15.3 Å². The number of hydrogen-bond donors (Lipinski definition) is 1. The minimum atomic E-state index is -0.108. The maximum Gasteiger partial charge on any atom is 0.132 e. The Bertz CT molecular complexity index is 646. The van der Waals surface area contributed by atoms with Crippen LogP contribution in [0.15, 0.2) is 30.9 Å². The SMILES string of the molecule is C=CCN(C)Cc1c(CNC2CC2)sc2cccc(F)c12. The molecule has 3 rings (SSSR count). The number of rotatable bonds is 7. The first-order valence-corrected chi connectivity index (χ1v) is 8.22. The molecule has 1 aromatic heterocycles. The predicted molar refractivity (Wildman–Crippen MR) is 88.2 cm³/mol. The molecule has 0 atom stereocenters. The first-order valence-electron chi connectivity index (χ1n) is 7.40. The fourth-order valence-electron chi connectivity index (χ4n) is 2.61. The van der Waals surface area contributed by atoms with E-state index in [4.69, 9.17) is 0 Å². The van der Waals surface area contributed by atoms with Crippen molar-refractivity contribution in [3.05, 3.63) is 47.1 Å². The third kappa shape index (κ3) is 3.34. The molecule has 1 N–H and O–H groups in total. The highest BCUT2D eigenvalue weighted by Gasteiger charge is 2.22. The van der Waals surface area contributed by atoms with E-state index < -0.39 is 0 Å². The highest BCUT2D eigenvalue weighted by atomic mass is 32.1. The average molecular weight is 304 g/mol. The van der Waals surface area contributed by atoms with E-state index in [9.17, 15) is 4.39 Å². The molecular weight excluding hydrogens is 283 g/mol. The lowest BCUT2D eigenvalue weighted by atomic mass is 10.1. The maximum atomic E-state index is 14.3.